The summed E-state index contributed by atoms with van der Waals surface area (Å²) in [7, 11) is 0. The van der Waals surface area contributed by atoms with E-state index < -0.39 is 11.6 Å². The van der Waals surface area contributed by atoms with Crippen molar-refractivity contribution >= 4 is 0 Å². The van der Waals surface area contributed by atoms with Gasteiger partial charge in [-0.3, -0.25) is 0 Å². The quantitative estimate of drug-likeness (QED) is 0.552. The lowest BCUT2D eigenvalue weighted by atomic mass is 9.61. The van der Waals surface area contributed by atoms with Gasteiger partial charge in [-0.1, -0.05) is 57.6 Å². The van der Waals surface area contributed by atoms with Gasteiger partial charge in [0.05, 0.1) is 0 Å². The highest BCUT2D eigenvalue weighted by atomic mass is 19.2. The maximum atomic E-state index is 14.7. The second-order valence-electron chi connectivity index (χ2n) is 8.32. The molecule has 0 heterocycles. The Labute approximate surface area is 146 Å². The molecule has 0 aromatic heterocycles. The Balaban J connectivity index is 1.80. The Kier molecular flexibility index (Phi) is 5.62. The predicted octanol–water partition coefficient (Wildman–Crippen LogP) is 7.08. The van der Waals surface area contributed by atoms with E-state index >= 15 is 0 Å². The summed E-state index contributed by atoms with van der Waals surface area (Å²) in [5, 5.41) is 0. The van der Waals surface area contributed by atoms with E-state index in [1.165, 1.54) is 44.9 Å². The van der Waals surface area contributed by atoms with Gasteiger partial charge in [-0.25, -0.2) is 8.78 Å². The normalized spacial score (nSPS) is 28.9. The molecule has 0 N–H and O–H groups in total. The van der Waals surface area contributed by atoms with E-state index in [0.29, 0.717) is 11.1 Å². The summed E-state index contributed by atoms with van der Waals surface area (Å²) < 4.78 is 28.8. The van der Waals surface area contributed by atoms with E-state index in [4.69, 9.17) is 0 Å². The zero-order chi connectivity index (χ0) is 17.2. The largest absolute Gasteiger partial charge is 0.203 e. The third-order valence-electron chi connectivity index (χ3n) is 6.88. The first-order chi connectivity index (χ1) is 11.6. The van der Waals surface area contributed by atoms with Gasteiger partial charge >= 0.3 is 0 Å². The maximum absolute atomic E-state index is 14.7. The van der Waals surface area contributed by atoms with Gasteiger partial charge in [0, 0.05) is 0 Å². The molecule has 2 aliphatic rings. The minimum Gasteiger partial charge on any atom is -0.203 e. The van der Waals surface area contributed by atoms with Gasteiger partial charge in [-0.2, -0.15) is 0 Å². The minimum absolute atomic E-state index is 0.140. The molecule has 24 heavy (non-hydrogen) atoms. The fraction of sp³-hybridized carbons (Fsp3) is 0.727. The highest BCUT2D eigenvalue weighted by molar-refractivity contribution is 5.32. The summed E-state index contributed by atoms with van der Waals surface area (Å²) >= 11 is 0. The van der Waals surface area contributed by atoms with Gasteiger partial charge in [0.1, 0.15) is 0 Å². The predicted molar refractivity (Wildman–Crippen MR) is 96.2 cm³/mol. The van der Waals surface area contributed by atoms with E-state index in [1.54, 1.807) is 13.0 Å². The minimum atomic E-state index is -0.641. The van der Waals surface area contributed by atoms with Gasteiger partial charge in [-0.05, 0) is 67.4 Å². The molecule has 0 atom stereocenters. The molecule has 2 saturated carbocycles. The summed E-state index contributed by atoms with van der Waals surface area (Å²) in [6.07, 6.45) is 13.4. The van der Waals surface area contributed by atoms with Crippen molar-refractivity contribution in [1.29, 1.82) is 0 Å². The second-order valence-corrected chi connectivity index (χ2v) is 8.32. The molecule has 1 aromatic carbocycles. The van der Waals surface area contributed by atoms with Crippen LogP contribution in [0.25, 0.3) is 0 Å². The lowest BCUT2D eigenvalue weighted by molar-refractivity contribution is 0.139. The Morgan fingerprint density at radius 2 is 1.54 bits per heavy atom. The summed E-state index contributed by atoms with van der Waals surface area (Å²) in [6, 6.07) is 3.63. The number of halogens is 2. The average molecular weight is 334 g/mol. The molecule has 2 heteroatoms. The van der Waals surface area contributed by atoms with E-state index in [1.807, 2.05) is 6.07 Å². The zero-order valence-electron chi connectivity index (χ0n) is 15.3. The molecule has 134 valence electrons. The van der Waals surface area contributed by atoms with Crippen LogP contribution in [0.2, 0.25) is 0 Å². The zero-order valence-corrected chi connectivity index (χ0v) is 15.3. The average Bonchev–Trinajstić information content (AvgIpc) is 2.61. The molecule has 0 saturated heterocycles. The van der Waals surface area contributed by atoms with Gasteiger partial charge in [-0.15, -0.1) is 0 Å². The van der Waals surface area contributed by atoms with Crippen LogP contribution in [-0.4, -0.2) is 0 Å². The Morgan fingerprint density at radius 1 is 0.917 bits per heavy atom. The summed E-state index contributed by atoms with van der Waals surface area (Å²) in [6.45, 7) is 3.81. The molecule has 2 aliphatic carbocycles. The third-order valence-corrected chi connectivity index (χ3v) is 6.88. The Morgan fingerprint density at radius 3 is 2.17 bits per heavy atom. The lowest BCUT2D eigenvalue weighted by Gasteiger charge is -2.44. The van der Waals surface area contributed by atoms with Crippen molar-refractivity contribution in [2.24, 2.45) is 11.8 Å². The molecule has 1 aromatic rings. The molecule has 3 rings (SSSR count). The first-order valence-electron chi connectivity index (χ1n) is 10.0. The van der Waals surface area contributed by atoms with Gasteiger partial charge < -0.3 is 0 Å². The van der Waals surface area contributed by atoms with Crippen LogP contribution >= 0.6 is 0 Å². The molecule has 0 unspecified atom stereocenters. The van der Waals surface area contributed by atoms with Crippen molar-refractivity contribution in [2.45, 2.75) is 89.9 Å². The van der Waals surface area contributed by atoms with Crippen LogP contribution in [0, 0.1) is 30.4 Å². The van der Waals surface area contributed by atoms with E-state index in [0.717, 1.165) is 37.5 Å². The monoisotopic (exact) mass is 334 g/mol. The Hall–Kier alpha value is -0.920. The van der Waals surface area contributed by atoms with E-state index in [2.05, 4.69) is 6.92 Å². The molecule has 0 bridgehead atoms. The molecule has 0 nitrogen and oxygen atoms in total. The highest BCUT2D eigenvalue weighted by Crippen LogP contribution is 2.49. The molecule has 2 fully saturated rings. The first kappa shape index (κ1) is 17.9. The standard InChI is InChI=1S/C22H32F2/c1-3-13-22(19-10-9-16(2)20(23)21(19)24)14-11-18(12-15-22)17-7-5-4-6-8-17/h9-10,17-18H,3-8,11-15H2,1-2H3. The molecule has 0 amide bonds. The van der Waals surface area contributed by atoms with Crippen molar-refractivity contribution in [3.8, 4) is 0 Å². The topological polar surface area (TPSA) is 0 Å². The number of hydrogen-bond acceptors (Lipinski definition) is 0. The Bertz CT molecular complexity index is 549. The first-order valence-corrected chi connectivity index (χ1v) is 10.0. The van der Waals surface area contributed by atoms with Crippen molar-refractivity contribution in [3.05, 3.63) is 34.9 Å². The number of rotatable bonds is 4. The van der Waals surface area contributed by atoms with Crippen molar-refractivity contribution in [3.63, 3.8) is 0 Å². The van der Waals surface area contributed by atoms with Crippen molar-refractivity contribution in [2.75, 3.05) is 0 Å². The molecular formula is C22H32F2. The van der Waals surface area contributed by atoms with Crippen LogP contribution in [0.5, 0.6) is 0 Å². The SMILES string of the molecule is CCCC1(c2ccc(C)c(F)c2F)CCC(C2CCCCC2)CC1. The van der Waals surface area contributed by atoms with Crippen LogP contribution in [0.15, 0.2) is 12.1 Å². The van der Waals surface area contributed by atoms with Crippen LogP contribution < -0.4 is 0 Å². The number of benzene rings is 1. The maximum Gasteiger partial charge on any atom is 0.162 e. The van der Waals surface area contributed by atoms with Crippen molar-refractivity contribution in [1.82, 2.24) is 0 Å². The summed E-state index contributed by atoms with van der Waals surface area (Å²) in [5.74, 6) is 0.476. The summed E-state index contributed by atoms with van der Waals surface area (Å²) in [5.41, 5.74) is 0.923. The van der Waals surface area contributed by atoms with Gasteiger partial charge in [0.25, 0.3) is 0 Å². The smallest absolute Gasteiger partial charge is 0.162 e. The fourth-order valence-electron chi connectivity index (χ4n) is 5.46. The van der Waals surface area contributed by atoms with Crippen molar-refractivity contribution < 1.29 is 8.78 Å². The van der Waals surface area contributed by atoms with Gasteiger partial charge in [0.2, 0.25) is 0 Å². The molecular weight excluding hydrogens is 302 g/mol. The van der Waals surface area contributed by atoms with Crippen LogP contribution in [-0.2, 0) is 5.41 Å². The van der Waals surface area contributed by atoms with Gasteiger partial charge in [0.15, 0.2) is 11.6 Å². The van der Waals surface area contributed by atoms with E-state index in [9.17, 15) is 8.78 Å². The van der Waals surface area contributed by atoms with Crippen LogP contribution in [0.3, 0.4) is 0 Å². The summed E-state index contributed by atoms with van der Waals surface area (Å²) in [4.78, 5) is 0. The molecule has 0 aliphatic heterocycles. The molecule has 0 spiro atoms. The fourth-order valence-corrected chi connectivity index (χ4v) is 5.46. The highest BCUT2D eigenvalue weighted by Gasteiger charge is 2.40. The number of hydrogen-bond donors (Lipinski definition) is 0. The second kappa shape index (κ2) is 7.54. The van der Waals surface area contributed by atoms with Crippen LogP contribution in [0.4, 0.5) is 8.78 Å². The number of aryl methyl sites for hydroxylation is 1. The lowest BCUT2D eigenvalue weighted by Crippen LogP contribution is -2.35. The van der Waals surface area contributed by atoms with Crippen LogP contribution in [0.1, 0.15) is 88.7 Å². The third kappa shape index (κ3) is 3.39. The molecule has 0 radical (unpaired) electrons. The van der Waals surface area contributed by atoms with E-state index in [-0.39, 0.29) is 5.41 Å².